The van der Waals surface area contributed by atoms with Crippen LogP contribution in [0.3, 0.4) is 0 Å². The number of thiophene rings is 1. The summed E-state index contributed by atoms with van der Waals surface area (Å²) < 4.78 is 31.9. The third-order valence-electron chi connectivity index (χ3n) is 1.79. The van der Waals surface area contributed by atoms with E-state index < -0.39 is 10.0 Å². The molecule has 0 saturated carbocycles. The number of hydrogen-bond donors (Lipinski definition) is 1. The Kier molecular flexibility index (Phi) is 6.98. The Hall–Kier alpha value is 0.340. The first-order chi connectivity index (χ1) is 8.06. The molecule has 0 aliphatic carbocycles. The average Bonchev–Trinajstić information content (AvgIpc) is 2.71. The van der Waals surface area contributed by atoms with E-state index in [0.29, 0.717) is 30.5 Å². The zero-order valence-corrected chi connectivity index (χ0v) is 13.0. The molecule has 0 bridgehead atoms. The van der Waals surface area contributed by atoms with Crippen molar-refractivity contribution in [2.24, 2.45) is 0 Å². The number of ether oxygens (including phenoxy) is 1. The van der Waals surface area contributed by atoms with E-state index in [2.05, 4.69) is 20.7 Å². The summed E-state index contributed by atoms with van der Waals surface area (Å²) in [5.74, 6) is 0. The van der Waals surface area contributed by atoms with Crippen molar-refractivity contribution in [3.63, 3.8) is 0 Å². The molecular weight excluding hydrogens is 350 g/mol. The van der Waals surface area contributed by atoms with Crippen LogP contribution in [0.25, 0.3) is 0 Å². The van der Waals surface area contributed by atoms with Crippen LogP contribution in [0, 0.1) is 0 Å². The monoisotopic (exact) mass is 361 g/mol. The standard InChI is InChI=1S/C9H13BrClNO3S2/c10-4-7-15-6-1-5-12-17(13,14)9-3-2-8(11)16-9/h2-3,12H,1,4-7H2. The van der Waals surface area contributed by atoms with Crippen molar-refractivity contribution in [3.05, 3.63) is 16.5 Å². The highest BCUT2D eigenvalue weighted by Crippen LogP contribution is 2.25. The van der Waals surface area contributed by atoms with Gasteiger partial charge in [-0.25, -0.2) is 13.1 Å². The van der Waals surface area contributed by atoms with Crippen LogP contribution in [0.1, 0.15) is 6.42 Å². The summed E-state index contributed by atoms with van der Waals surface area (Å²) in [5, 5.41) is 0.784. The Morgan fingerprint density at radius 2 is 2.18 bits per heavy atom. The van der Waals surface area contributed by atoms with Gasteiger partial charge in [0, 0.05) is 18.5 Å². The summed E-state index contributed by atoms with van der Waals surface area (Å²) in [5.41, 5.74) is 0. The summed E-state index contributed by atoms with van der Waals surface area (Å²) in [6.45, 7) is 1.53. The van der Waals surface area contributed by atoms with E-state index in [0.717, 1.165) is 16.7 Å². The Bertz CT molecular complexity index is 435. The molecule has 1 rings (SSSR count). The fourth-order valence-electron chi connectivity index (χ4n) is 1.05. The molecule has 0 saturated heterocycles. The van der Waals surface area contributed by atoms with E-state index in [4.69, 9.17) is 16.3 Å². The number of alkyl halides is 1. The molecule has 4 nitrogen and oxygen atoms in total. The highest BCUT2D eigenvalue weighted by atomic mass is 79.9. The van der Waals surface area contributed by atoms with Crippen molar-refractivity contribution < 1.29 is 13.2 Å². The summed E-state index contributed by atoms with van der Waals surface area (Å²) in [4.78, 5) is 0. The zero-order valence-electron chi connectivity index (χ0n) is 8.99. The third kappa shape index (κ3) is 5.67. The first-order valence-corrected chi connectivity index (χ1v) is 8.75. The number of rotatable bonds is 8. The van der Waals surface area contributed by atoms with E-state index in [1.807, 2.05) is 0 Å². The van der Waals surface area contributed by atoms with Gasteiger partial charge in [-0.05, 0) is 18.6 Å². The van der Waals surface area contributed by atoms with E-state index in [1.54, 1.807) is 6.07 Å². The molecule has 0 atom stereocenters. The van der Waals surface area contributed by atoms with Crippen LogP contribution >= 0.6 is 38.9 Å². The van der Waals surface area contributed by atoms with Crippen molar-refractivity contribution in [2.45, 2.75) is 10.6 Å². The number of nitrogens with one attached hydrogen (secondary N) is 1. The minimum absolute atomic E-state index is 0.240. The predicted octanol–water partition coefficient (Wildman–Crippen LogP) is 2.48. The average molecular weight is 363 g/mol. The van der Waals surface area contributed by atoms with E-state index in [9.17, 15) is 8.42 Å². The van der Waals surface area contributed by atoms with Gasteiger partial charge in [0.1, 0.15) is 4.21 Å². The van der Waals surface area contributed by atoms with E-state index in [-0.39, 0.29) is 4.21 Å². The lowest BCUT2D eigenvalue weighted by atomic mass is 10.5. The topological polar surface area (TPSA) is 55.4 Å². The fourth-order valence-corrected chi connectivity index (χ4v) is 3.88. The van der Waals surface area contributed by atoms with Crippen LogP contribution in [0.5, 0.6) is 0 Å². The SMILES string of the molecule is O=S(=O)(NCCCOCCBr)c1ccc(Cl)s1. The van der Waals surface area contributed by atoms with Gasteiger partial charge in [0.05, 0.1) is 10.9 Å². The second-order valence-electron chi connectivity index (χ2n) is 3.11. The zero-order chi connectivity index (χ0) is 12.7. The molecule has 1 heterocycles. The minimum atomic E-state index is -3.41. The van der Waals surface area contributed by atoms with Crippen molar-refractivity contribution in [3.8, 4) is 0 Å². The Morgan fingerprint density at radius 3 is 2.76 bits per heavy atom. The fraction of sp³-hybridized carbons (Fsp3) is 0.556. The quantitative estimate of drug-likeness (QED) is 0.571. The van der Waals surface area contributed by atoms with Crippen molar-refractivity contribution in [1.29, 1.82) is 0 Å². The summed E-state index contributed by atoms with van der Waals surface area (Å²) >= 11 is 9.97. The molecule has 0 radical (unpaired) electrons. The van der Waals surface area contributed by atoms with Crippen LogP contribution in [0.15, 0.2) is 16.3 Å². The lowest BCUT2D eigenvalue weighted by molar-refractivity contribution is 0.149. The van der Waals surface area contributed by atoms with Gasteiger partial charge in [0.25, 0.3) is 0 Å². The molecule has 0 aromatic carbocycles. The first kappa shape index (κ1) is 15.4. The third-order valence-corrected chi connectivity index (χ3v) is 5.30. The molecule has 0 aliphatic rings. The normalized spacial score (nSPS) is 11.9. The van der Waals surface area contributed by atoms with Crippen LogP contribution in [-0.2, 0) is 14.8 Å². The Balaban J connectivity index is 2.31. The second-order valence-corrected chi connectivity index (χ2v) is 7.61. The molecule has 8 heteroatoms. The summed E-state index contributed by atoms with van der Waals surface area (Å²) in [6.07, 6.45) is 0.644. The molecule has 0 aliphatic heterocycles. The lowest BCUT2D eigenvalue weighted by Gasteiger charge is -2.04. The largest absolute Gasteiger partial charge is 0.381 e. The van der Waals surface area contributed by atoms with Gasteiger partial charge in [-0.1, -0.05) is 27.5 Å². The van der Waals surface area contributed by atoms with Crippen molar-refractivity contribution in [1.82, 2.24) is 4.72 Å². The van der Waals surface area contributed by atoms with Crippen LogP contribution < -0.4 is 4.72 Å². The predicted molar refractivity (Wildman–Crippen MR) is 73.7 cm³/mol. The lowest BCUT2D eigenvalue weighted by Crippen LogP contribution is -2.24. The van der Waals surface area contributed by atoms with Gasteiger partial charge < -0.3 is 4.74 Å². The molecule has 17 heavy (non-hydrogen) atoms. The molecule has 0 amide bonds. The molecule has 0 fully saturated rings. The van der Waals surface area contributed by atoms with Gasteiger partial charge in [-0.15, -0.1) is 11.3 Å². The highest BCUT2D eigenvalue weighted by molar-refractivity contribution is 9.09. The first-order valence-electron chi connectivity index (χ1n) is 4.95. The van der Waals surface area contributed by atoms with Crippen molar-refractivity contribution in [2.75, 3.05) is 25.1 Å². The molecule has 1 aromatic heterocycles. The minimum Gasteiger partial charge on any atom is -0.381 e. The molecular formula is C9H13BrClNO3S2. The van der Waals surface area contributed by atoms with Gasteiger partial charge in [-0.3, -0.25) is 0 Å². The summed E-state index contributed by atoms with van der Waals surface area (Å²) in [7, 11) is -3.41. The molecule has 1 aromatic rings. The van der Waals surface area contributed by atoms with Crippen molar-refractivity contribution >= 4 is 48.9 Å². The van der Waals surface area contributed by atoms with Crippen LogP contribution in [-0.4, -0.2) is 33.5 Å². The van der Waals surface area contributed by atoms with Gasteiger partial charge >= 0.3 is 0 Å². The van der Waals surface area contributed by atoms with Crippen LogP contribution in [0.2, 0.25) is 4.34 Å². The Morgan fingerprint density at radius 1 is 1.41 bits per heavy atom. The maximum absolute atomic E-state index is 11.7. The number of sulfonamides is 1. The molecule has 0 spiro atoms. The maximum atomic E-state index is 11.7. The van der Waals surface area contributed by atoms with Crippen LogP contribution in [0.4, 0.5) is 0 Å². The van der Waals surface area contributed by atoms with E-state index in [1.165, 1.54) is 6.07 Å². The number of halogens is 2. The smallest absolute Gasteiger partial charge is 0.250 e. The molecule has 98 valence electrons. The summed E-state index contributed by atoms with van der Waals surface area (Å²) in [6, 6.07) is 3.07. The molecule has 0 unspecified atom stereocenters. The maximum Gasteiger partial charge on any atom is 0.250 e. The second kappa shape index (κ2) is 7.70. The molecule has 1 N–H and O–H groups in total. The Labute approximate surface area is 118 Å². The van der Waals surface area contributed by atoms with E-state index >= 15 is 0 Å². The highest BCUT2D eigenvalue weighted by Gasteiger charge is 2.15. The number of hydrogen-bond acceptors (Lipinski definition) is 4. The van der Waals surface area contributed by atoms with Gasteiger partial charge in [0.2, 0.25) is 10.0 Å². The van der Waals surface area contributed by atoms with Gasteiger partial charge in [0.15, 0.2) is 0 Å². The van der Waals surface area contributed by atoms with Gasteiger partial charge in [-0.2, -0.15) is 0 Å².